The van der Waals surface area contributed by atoms with E-state index in [0.29, 0.717) is 5.69 Å². The van der Waals surface area contributed by atoms with E-state index in [1.165, 1.54) is 19.2 Å². The van der Waals surface area contributed by atoms with Crippen molar-refractivity contribution in [1.82, 2.24) is 9.78 Å². The van der Waals surface area contributed by atoms with Gasteiger partial charge in [-0.05, 0) is 34.0 Å². The van der Waals surface area contributed by atoms with Gasteiger partial charge < -0.3 is 4.74 Å². The number of esters is 1. The SMILES string of the molecule is COC(=O)Cn1nc(C(C)C)c2c(F)c(Br)ccc2c1=O. The summed E-state index contributed by atoms with van der Waals surface area (Å²) in [6, 6.07) is 2.98. The molecular weight excluding hydrogens is 343 g/mol. The van der Waals surface area contributed by atoms with E-state index < -0.39 is 17.3 Å². The van der Waals surface area contributed by atoms with Gasteiger partial charge in [-0.15, -0.1) is 0 Å². The average molecular weight is 357 g/mol. The Morgan fingerprint density at radius 2 is 2.14 bits per heavy atom. The molecule has 0 atom stereocenters. The smallest absolute Gasteiger partial charge is 0.327 e. The first-order valence-corrected chi connectivity index (χ1v) is 7.11. The van der Waals surface area contributed by atoms with Crippen molar-refractivity contribution in [3.05, 3.63) is 38.5 Å². The molecule has 5 nitrogen and oxygen atoms in total. The number of benzene rings is 1. The summed E-state index contributed by atoms with van der Waals surface area (Å²) in [6.45, 7) is 3.38. The third-order valence-corrected chi connectivity index (χ3v) is 3.71. The first kappa shape index (κ1) is 15.6. The molecule has 1 aromatic carbocycles. The van der Waals surface area contributed by atoms with E-state index in [1.807, 2.05) is 13.8 Å². The third kappa shape index (κ3) is 2.83. The molecular formula is C14H14BrFN2O3. The Labute approximate surface area is 128 Å². The number of ether oxygens (including phenoxy) is 1. The minimum absolute atomic E-state index is 0.110. The fourth-order valence-corrected chi connectivity index (χ4v) is 2.37. The van der Waals surface area contributed by atoms with Gasteiger partial charge >= 0.3 is 5.97 Å². The van der Waals surface area contributed by atoms with Crippen LogP contribution < -0.4 is 5.56 Å². The number of carbonyl (C=O) groups is 1. The van der Waals surface area contributed by atoms with Crippen LogP contribution in [0.5, 0.6) is 0 Å². The Kier molecular flexibility index (Phi) is 4.41. The summed E-state index contributed by atoms with van der Waals surface area (Å²) in [7, 11) is 1.23. The van der Waals surface area contributed by atoms with Crippen LogP contribution in [0.2, 0.25) is 0 Å². The Morgan fingerprint density at radius 1 is 1.48 bits per heavy atom. The summed E-state index contributed by atoms with van der Waals surface area (Å²) in [5, 5.41) is 4.51. The normalized spacial score (nSPS) is 11.1. The van der Waals surface area contributed by atoms with Crippen LogP contribution in [0.4, 0.5) is 4.39 Å². The molecule has 0 aliphatic rings. The monoisotopic (exact) mass is 356 g/mol. The lowest BCUT2D eigenvalue weighted by atomic mass is 10.0. The fraction of sp³-hybridized carbons (Fsp3) is 0.357. The molecule has 0 aliphatic heterocycles. The van der Waals surface area contributed by atoms with E-state index in [0.717, 1.165) is 4.68 Å². The molecule has 0 saturated carbocycles. The molecule has 0 saturated heterocycles. The average Bonchev–Trinajstić information content (AvgIpc) is 2.45. The summed E-state index contributed by atoms with van der Waals surface area (Å²) in [6.07, 6.45) is 0. The molecule has 0 unspecified atom stereocenters. The zero-order chi connectivity index (χ0) is 15.7. The van der Waals surface area contributed by atoms with Gasteiger partial charge in [0.05, 0.1) is 22.7 Å². The molecule has 1 heterocycles. The molecule has 1 aromatic heterocycles. The number of fused-ring (bicyclic) bond motifs is 1. The van der Waals surface area contributed by atoms with Crippen molar-refractivity contribution >= 4 is 32.7 Å². The van der Waals surface area contributed by atoms with Gasteiger partial charge in [-0.2, -0.15) is 5.10 Å². The Bertz CT molecular complexity index is 771. The zero-order valence-corrected chi connectivity index (χ0v) is 13.4. The van der Waals surface area contributed by atoms with Gasteiger partial charge in [-0.25, -0.2) is 9.07 Å². The summed E-state index contributed by atoms with van der Waals surface area (Å²) in [5.74, 6) is -1.22. The van der Waals surface area contributed by atoms with Crippen LogP contribution in [-0.4, -0.2) is 22.9 Å². The summed E-state index contributed by atoms with van der Waals surface area (Å²) in [5.41, 5.74) is -0.0986. The highest BCUT2D eigenvalue weighted by molar-refractivity contribution is 9.10. The second-order valence-corrected chi connectivity index (χ2v) is 5.72. The van der Waals surface area contributed by atoms with Gasteiger partial charge in [0.25, 0.3) is 5.56 Å². The van der Waals surface area contributed by atoms with Crippen molar-refractivity contribution in [2.75, 3.05) is 7.11 Å². The van der Waals surface area contributed by atoms with Crippen molar-refractivity contribution in [3.63, 3.8) is 0 Å². The Balaban J connectivity index is 2.82. The number of nitrogens with zero attached hydrogens (tertiary/aromatic N) is 2. The van der Waals surface area contributed by atoms with Crippen molar-refractivity contribution in [2.45, 2.75) is 26.3 Å². The minimum atomic E-state index is -0.587. The molecule has 0 bridgehead atoms. The quantitative estimate of drug-likeness (QED) is 0.793. The highest BCUT2D eigenvalue weighted by Crippen LogP contribution is 2.28. The van der Waals surface area contributed by atoms with E-state index in [-0.39, 0.29) is 27.7 Å². The largest absolute Gasteiger partial charge is 0.468 e. The van der Waals surface area contributed by atoms with Gasteiger partial charge in [0.1, 0.15) is 12.4 Å². The lowest BCUT2D eigenvalue weighted by Crippen LogP contribution is -2.29. The molecule has 7 heteroatoms. The Hall–Kier alpha value is -1.76. The first-order chi connectivity index (χ1) is 9.86. The lowest BCUT2D eigenvalue weighted by Gasteiger charge is -2.13. The van der Waals surface area contributed by atoms with E-state index >= 15 is 0 Å². The van der Waals surface area contributed by atoms with Crippen LogP contribution in [0.3, 0.4) is 0 Å². The number of methoxy groups -OCH3 is 1. The second kappa shape index (κ2) is 5.93. The van der Waals surface area contributed by atoms with Gasteiger partial charge in [0.2, 0.25) is 0 Å². The fourth-order valence-electron chi connectivity index (χ4n) is 2.04. The van der Waals surface area contributed by atoms with E-state index in [1.54, 1.807) is 0 Å². The number of carbonyl (C=O) groups excluding carboxylic acids is 1. The maximum atomic E-state index is 14.3. The van der Waals surface area contributed by atoms with Crippen molar-refractivity contribution in [3.8, 4) is 0 Å². The number of halogens is 2. The number of rotatable bonds is 3. The molecule has 0 fully saturated rings. The second-order valence-electron chi connectivity index (χ2n) is 4.86. The highest BCUT2D eigenvalue weighted by Gasteiger charge is 2.19. The van der Waals surface area contributed by atoms with Crippen LogP contribution in [0.15, 0.2) is 21.4 Å². The van der Waals surface area contributed by atoms with Gasteiger partial charge in [-0.3, -0.25) is 9.59 Å². The molecule has 21 heavy (non-hydrogen) atoms. The Morgan fingerprint density at radius 3 is 2.71 bits per heavy atom. The zero-order valence-electron chi connectivity index (χ0n) is 11.8. The molecule has 0 N–H and O–H groups in total. The molecule has 0 aliphatic carbocycles. The molecule has 2 aromatic rings. The number of hydrogen-bond acceptors (Lipinski definition) is 4. The number of aromatic nitrogens is 2. The molecule has 2 rings (SSSR count). The van der Waals surface area contributed by atoms with Crippen LogP contribution >= 0.6 is 15.9 Å². The van der Waals surface area contributed by atoms with Crippen molar-refractivity contribution in [1.29, 1.82) is 0 Å². The van der Waals surface area contributed by atoms with Crippen LogP contribution in [0, 0.1) is 5.82 Å². The highest BCUT2D eigenvalue weighted by atomic mass is 79.9. The summed E-state index contributed by atoms with van der Waals surface area (Å²) < 4.78 is 20.2. The number of hydrogen-bond donors (Lipinski definition) is 0. The minimum Gasteiger partial charge on any atom is -0.468 e. The van der Waals surface area contributed by atoms with Crippen LogP contribution in [0.25, 0.3) is 10.8 Å². The van der Waals surface area contributed by atoms with E-state index in [2.05, 4.69) is 25.8 Å². The van der Waals surface area contributed by atoms with Crippen molar-refractivity contribution < 1.29 is 13.9 Å². The standard InChI is InChI=1S/C14H14BrFN2O3/c1-7(2)13-11-8(4-5-9(15)12(11)16)14(20)18(17-13)6-10(19)21-3/h4-5,7H,6H2,1-3H3. The molecule has 0 amide bonds. The van der Waals surface area contributed by atoms with Gasteiger partial charge in [-0.1, -0.05) is 13.8 Å². The van der Waals surface area contributed by atoms with Gasteiger partial charge in [0.15, 0.2) is 0 Å². The maximum Gasteiger partial charge on any atom is 0.327 e. The van der Waals surface area contributed by atoms with E-state index in [4.69, 9.17) is 0 Å². The maximum absolute atomic E-state index is 14.3. The molecule has 0 radical (unpaired) electrons. The van der Waals surface area contributed by atoms with E-state index in [9.17, 15) is 14.0 Å². The molecule has 112 valence electrons. The predicted octanol–water partition coefficient (Wildman–Crippen LogP) is 2.59. The first-order valence-electron chi connectivity index (χ1n) is 6.32. The lowest BCUT2D eigenvalue weighted by molar-refractivity contribution is -0.141. The van der Waals surface area contributed by atoms with Crippen LogP contribution in [-0.2, 0) is 16.1 Å². The summed E-state index contributed by atoms with van der Waals surface area (Å²) >= 11 is 3.11. The predicted molar refractivity (Wildman–Crippen MR) is 79.8 cm³/mol. The third-order valence-electron chi connectivity index (χ3n) is 3.10. The molecule has 0 spiro atoms. The van der Waals surface area contributed by atoms with Crippen molar-refractivity contribution in [2.24, 2.45) is 0 Å². The van der Waals surface area contributed by atoms with Crippen LogP contribution in [0.1, 0.15) is 25.5 Å². The van der Waals surface area contributed by atoms with Gasteiger partial charge in [0, 0.05) is 5.39 Å². The topological polar surface area (TPSA) is 61.2 Å². The summed E-state index contributed by atoms with van der Waals surface area (Å²) in [4.78, 5) is 23.7.